The van der Waals surface area contributed by atoms with Crippen molar-refractivity contribution in [2.24, 2.45) is 0 Å². The summed E-state index contributed by atoms with van der Waals surface area (Å²) in [5, 5.41) is 10.8. The van der Waals surface area contributed by atoms with Crippen molar-refractivity contribution in [3.63, 3.8) is 0 Å². The number of carbonyl (C=O) groups excluding carboxylic acids is 2. The second-order valence-corrected chi connectivity index (χ2v) is 6.16. The Balaban J connectivity index is 2.18. The molecular weight excluding hydrogens is 333 g/mol. The Kier molecular flexibility index (Phi) is 4.71. The number of hydrogen-bond donors (Lipinski definition) is 1. The highest BCUT2D eigenvalue weighted by atomic mass is 19.1. The summed E-state index contributed by atoms with van der Waals surface area (Å²) in [6.45, 7) is 5.66. The molecule has 1 N–H and O–H groups in total. The highest BCUT2D eigenvalue weighted by molar-refractivity contribution is 6.46. The lowest BCUT2D eigenvalue weighted by Crippen LogP contribution is -2.29. The van der Waals surface area contributed by atoms with E-state index in [0.29, 0.717) is 11.1 Å². The first-order valence-corrected chi connectivity index (χ1v) is 8.16. The van der Waals surface area contributed by atoms with Crippen LogP contribution in [0, 0.1) is 12.7 Å². The van der Waals surface area contributed by atoms with Gasteiger partial charge in [0.05, 0.1) is 11.6 Å². The molecule has 5 heteroatoms. The summed E-state index contributed by atoms with van der Waals surface area (Å²) in [6, 6.07) is 11.7. The summed E-state index contributed by atoms with van der Waals surface area (Å²) in [4.78, 5) is 26.4. The number of benzene rings is 2. The maximum absolute atomic E-state index is 13.3. The minimum Gasteiger partial charge on any atom is -0.507 e. The monoisotopic (exact) mass is 351 g/mol. The molecule has 0 aliphatic carbocycles. The molecule has 1 atom stereocenters. The number of rotatable bonds is 4. The van der Waals surface area contributed by atoms with E-state index in [9.17, 15) is 19.1 Å². The Morgan fingerprint density at radius 2 is 1.77 bits per heavy atom. The molecule has 1 unspecified atom stereocenters. The summed E-state index contributed by atoms with van der Waals surface area (Å²) >= 11 is 0. The van der Waals surface area contributed by atoms with Crippen molar-refractivity contribution < 1.29 is 19.1 Å². The maximum atomic E-state index is 13.3. The van der Waals surface area contributed by atoms with Gasteiger partial charge in [-0.2, -0.15) is 0 Å². The lowest BCUT2D eigenvalue weighted by atomic mass is 9.95. The maximum Gasteiger partial charge on any atom is 0.295 e. The van der Waals surface area contributed by atoms with Crippen LogP contribution in [0.2, 0.25) is 0 Å². The molecule has 0 spiro atoms. The SMILES string of the molecule is C=CCN1C(=O)C(=O)/C(=C(\O)c2ccc(C)cc2)C1c1ccc(F)cc1. The summed E-state index contributed by atoms with van der Waals surface area (Å²) in [7, 11) is 0. The lowest BCUT2D eigenvalue weighted by Gasteiger charge is -2.24. The Labute approximate surface area is 150 Å². The smallest absolute Gasteiger partial charge is 0.295 e. The topological polar surface area (TPSA) is 57.6 Å². The second kappa shape index (κ2) is 6.96. The summed E-state index contributed by atoms with van der Waals surface area (Å²) in [6.07, 6.45) is 1.51. The van der Waals surface area contributed by atoms with E-state index in [2.05, 4.69) is 6.58 Å². The minimum atomic E-state index is -0.796. The van der Waals surface area contributed by atoms with Crippen molar-refractivity contribution in [2.75, 3.05) is 6.54 Å². The van der Waals surface area contributed by atoms with Crippen molar-refractivity contribution >= 4 is 17.4 Å². The fourth-order valence-corrected chi connectivity index (χ4v) is 3.07. The fraction of sp³-hybridized carbons (Fsp3) is 0.143. The number of aliphatic hydroxyl groups excluding tert-OH is 1. The predicted octanol–water partition coefficient (Wildman–Crippen LogP) is 3.74. The fourth-order valence-electron chi connectivity index (χ4n) is 3.07. The Hall–Kier alpha value is -3.21. The predicted molar refractivity (Wildman–Crippen MR) is 96.8 cm³/mol. The van der Waals surface area contributed by atoms with E-state index in [0.717, 1.165) is 5.56 Å². The van der Waals surface area contributed by atoms with Crippen molar-refractivity contribution in [1.82, 2.24) is 4.90 Å². The third-order valence-electron chi connectivity index (χ3n) is 4.38. The van der Waals surface area contributed by atoms with Crippen LogP contribution in [0.3, 0.4) is 0 Å². The van der Waals surface area contributed by atoms with Gasteiger partial charge in [0, 0.05) is 12.1 Å². The molecule has 132 valence electrons. The van der Waals surface area contributed by atoms with E-state index >= 15 is 0 Å². The third kappa shape index (κ3) is 3.04. The van der Waals surface area contributed by atoms with Crippen molar-refractivity contribution in [2.45, 2.75) is 13.0 Å². The van der Waals surface area contributed by atoms with E-state index in [4.69, 9.17) is 0 Å². The third-order valence-corrected chi connectivity index (χ3v) is 4.38. The van der Waals surface area contributed by atoms with Gasteiger partial charge in [0.15, 0.2) is 0 Å². The highest BCUT2D eigenvalue weighted by Gasteiger charge is 2.45. The summed E-state index contributed by atoms with van der Waals surface area (Å²) < 4.78 is 13.3. The molecule has 2 aromatic rings. The number of aryl methyl sites for hydroxylation is 1. The van der Waals surface area contributed by atoms with Crippen LogP contribution in [0.15, 0.2) is 66.8 Å². The van der Waals surface area contributed by atoms with Crippen molar-refractivity contribution in [1.29, 1.82) is 0 Å². The normalized spacial score (nSPS) is 19.0. The van der Waals surface area contributed by atoms with Crippen LogP contribution in [0.25, 0.3) is 5.76 Å². The molecule has 0 radical (unpaired) electrons. The van der Waals surface area contributed by atoms with E-state index in [1.807, 2.05) is 19.1 Å². The van der Waals surface area contributed by atoms with Gasteiger partial charge in [-0.05, 0) is 24.6 Å². The largest absolute Gasteiger partial charge is 0.507 e. The minimum absolute atomic E-state index is 0.00712. The molecule has 3 rings (SSSR count). The quantitative estimate of drug-likeness (QED) is 0.395. The zero-order valence-electron chi connectivity index (χ0n) is 14.3. The number of ketones is 1. The molecule has 0 bridgehead atoms. The van der Waals surface area contributed by atoms with E-state index in [1.165, 1.54) is 35.2 Å². The first-order chi connectivity index (χ1) is 12.4. The average Bonchev–Trinajstić information content (AvgIpc) is 2.88. The Bertz CT molecular complexity index is 898. The molecule has 1 fully saturated rings. The van der Waals surface area contributed by atoms with Gasteiger partial charge in [-0.25, -0.2) is 4.39 Å². The summed E-state index contributed by atoms with van der Waals surface area (Å²) in [5.41, 5.74) is 1.98. The van der Waals surface area contributed by atoms with E-state index < -0.39 is 23.5 Å². The number of nitrogens with zero attached hydrogens (tertiary/aromatic N) is 1. The number of carbonyl (C=O) groups is 2. The van der Waals surface area contributed by atoms with E-state index in [-0.39, 0.29) is 17.9 Å². The van der Waals surface area contributed by atoms with Gasteiger partial charge in [-0.1, -0.05) is 48.0 Å². The van der Waals surface area contributed by atoms with Crippen LogP contribution >= 0.6 is 0 Å². The average molecular weight is 351 g/mol. The molecule has 0 aromatic heterocycles. The van der Waals surface area contributed by atoms with E-state index in [1.54, 1.807) is 12.1 Å². The van der Waals surface area contributed by atoms with Crippen LogP contribution in [-0.4, -0.2) is 28.2 Å². The Morgan fingerprint density at radius 3 is 2.35 bits per heavy atom. The molecule has 1 amide bonds. The summed E-state index contributed by atoms with van der Waals surface area (Å²) in [5.74, 6) is -2.15. The molecule has 1 heterocycles. The first kappa shape index (κ1) is 17.6. The Morgan fingerprint density at radius 1 is 1.15 bits per heavy atom. The molecule has 2 aromatic carbocycles. The van der Waals surface area contributed by atoms with Crippen molar-refractivity contribution in [3.8, 4) is 0 Å². The number of amides is 1. The van der Waals surface area contributed by atoms with Gasteiger partial charge in [0.25, 0.3) is 11.7 Å². The molecule has 4 nitrogen and oxygen atoms in total. The standard InChI is InChI=1S/C21H18FNO3/c1-3-12-23-18(14-8-10-16(22)11-9-14)17(20(25)21(23)26)19(24)15-6-4-13(2)5-7-15/h3-11,18,24H,1,12H2,2H3/b19-17-. The van der Waals surface area contributed by atoms with Crippen LogP contribution in [0.4, 0.5) is 4.39 Å². The first-order valence-electron chi connectivity index (χ1n) is 8.16. The molecule has 1 saturated heterocycles. The van der Waals surface area contributed by atoms with Gasteiger partial charge in [-0.3, -0.25) is 9.59 Å². The molecule has 26 heavy (non-hydrogen) atoms. The van der Waals surface area contributed by atoms with Gasteiger partial charge >= 0.3 is 0 Å². The van der Waals surface area contributed by atoms with Gasteiger partial charge in [0.2, 0.25) is 0 Å². The van der Waals surface area contributed by atoms with Crippen LogP contribution in [-0.2, 0) is 9.59 Å². The molecular formula is C21H18FNO3. The molecule has 0 saturated carbocycles. The number of Topliss-reactive ketones (excluding diaryl/α,β-unsaturated/α-hetero) is 1. The number of likely N-dealkylation sites (tertiary alicyclic amines) is 1. The highest BCUT2D eigenvalue weighted by Crippen LogP contribution is 2.39. The van der Waals surface area contributed by atoms with Crippen LogP contribution < -0.4 is 0 Å². The van der Waals surface area contributed by atoms with Crippen LogP contribution in [0.5, 0.6) is 0 Å². The lowest BCUT2D eigenvalue weighted by molar-refractivity contribution is -0.139. The zero-order chi connectivity index (χ0) is 18.8. The van der Waals surface area contributed by atoms with Gasteiger partial charge in [0.1, 0.15) is 11.6 Å². The van der Waals surface area contributed by atoms with Crippen LogP contribution in [0.1, 0.15) is 22.7 Å². The van der Waals surface area contributed by atoms with Gasteiger partial charge < -0.3 is 10.0 Å². The number of halogens is 1. The molecule has 1 aliphatic rings. The van der Waals surface area contributed by atoms with Gasteiger partial charge in [-0.15, -0.1) is 6.58 Å². The molecule has 1 aliphatic heterocycles. The number of hydrogen-bond acceptors (Lipinski definition) is 3. The second-order valence-electron chi connectivity index (χ2n) is 6.16. The van der Waals surface area contributed by atoms with Crippen molar-refractivity contribution in [3.05, 3.63) is 89.3 Å². The number of aliphatic hydroxyl groups is 1. The zero-order valence-corrected chi connectivity index (χ0v) is 14.3.